The molecule has 0 aliphatic carbocycles. The van der Waals surface area contributed by atoms with Gasteiger partial charge in [0.25, 0.3) is 0 Å². The molecule has 2 nitrogen and oxygen atoms in total. The van der Waals surface area contributed by atoms with Gasteiger partial charge in [-0.05, 0) is 73.9 Å². The maximum absolute atomic E-state index is 5.03. The Kier molecular flexibility index (Phi) is 6.52. The third-order valence-electron chi connectivity index (χ3n) is 4.93. The summed E-state index contributed by atoms with van der Waals surface area (Å²) in [5.41, 5.74) is 9.69. The summed E-state index contributed by atoms with van der Waals surface area (Å²) in [7, 11) is 0. The molecule has 2 heteroatoms. The molecule has 0 radical (unpaired) electrons. The standard InChI is InChI=1S/C23H32N2/c1-8-17(9-2)20-14-18(10-3)23(24-16(20)7)19-12-13-22(15(5)6)25-21(19)11-4/h8,12-15H,9-11H2,1-7H3/b17-8-. The molecule has 0 saturated carbocycles. The maximum Gasteiger partial charge on any atom is 0.0755 e. The first kappa shape index (κ1) is 19.4. The van der Waals surface area contributed by atoms with E-state index in [1.54, 1.807) is 0 Å². The smallest absolute Gasteiger partial charge is 0.0755 e. The van der Waals surface area contributed by atoms with E-state index in [1.165, 1.54) is 22.3 Å². The van der Waals surface area contributed by atoms with Crippen molar-refractivity contribution in [3.63, 3.8) is 0 Å². The molecular formula is C23H32N2. The monoisotopic (exact) mass is 336 g/mol. The highest BCUT2D eigenvalue weighted by Gasteiger charge is 2.16. The third-order valence-corrected chi connectivity index (χ3v) is 4.93. The van der Waals surface area contributed by atoms with E-state index in [0.29, 0.717) is 5.92 Å². The van der Waals surface area contributed by atoms with Gasteiger partial charge in [-0.3, -0.25) is 9.97 Å². The van der Waals surface area contributed by atoms with Crippen LogP contribution in [0.25, 0.3) is 16.8 Å². The zero-order valence-electron chi connectivity index (χ0n) is 16.9. The summed E-state index contributed by atoms with van der Waals surface area (Å²) in [4.78, 5) is 9.94. The molecule has 0 aromatic carbocycles. The van der Waals surface area contributed by atoms with E-state index >= 15 is 0 Å². The van der Waals surface area contributed by atoms with Crippen LogP contribution in [0.2, 0.25) is 0 Å². The average Bonchev–Trinajstić information content (AvgIpc) is 2.62. The Morgan fingerprint density at radius 1 is 1.08 bits per heavy atom. The van der Waals surface area contributed by atoms with Crippen LogP contribution in [0.3, 0.4) is 0 Å². The minimum atomic E-state index is 0.448. The fraction of sp³-hybridized carbons (Fsp3) is 0.478. The molecule has 2 aromatic rings. The SMILES string of the molecule is C/C=C(/CC)c1cc(CC)c(-c2ccc(C(C)C)nc2CC)nc1C. The van der Waals surface area contributed by atoms with E-state index in [9.17, 15) is 0 Å². The van der Waals surface area contributed by atoms with Crippen LogP contribution in [0.1, 0.15) is 82.1 Å². The molecule has 0 atom stereocenters. The van der Waals surface area contributed by atoms with Gasteiger partial charge in [-0.15, -0.1) is 0 Å². The lowest BCUT2D eigenvalue weighted by molar-refractivity contribution is 0.807. The zero-order valence-corrected chi connectivity index (χ0v) is 16.9. The van der Waals surface area contributed by atoms with Crippen LogP contribution < -0.4 is 0 Å². The molecule has 0 unspecified atom stereocenters. The van der Waals surface area contributed by atoms with Gasteiger partial charge in [0, 0.05) is 22.6 Å². The van der Waals surface area contributed by atoms with Crippen molar-refractivity contribution in [1.29, 1.82) is 0 Å². The number of nitrogens with zero attached hydrogens (tertiary/aromatic N) is 2. The van der Waals surface area contributed by atoms with Crippen molar-refractivity contribution in [2.75, 3.05) is 0 Å². The molecule has 0 bridgehead atoms. The summed E-state index contributed by atoms with van der Waals surface area (Å²) in [5, 5.41) is 0. The van der Waals surface area contributed by atoms with Crippen LogP contribution in [0, 0.1) is 6.92 Å². The quantitative estimate of drug-likeness (QED) is 0.600. The first-order valence-corrected chi connectivity index (χ1v) is 9.62. The third kappa shape index (κ3) is 4.00. The molecule has 0 aliphatic rings. The first-order valence-electron chi connectivity index (χ1n) is 9.62. The molecule has 134 valence electrons. The van der Waals surface area contributed by atoms with Crippen LogP contribution in [-0.4, -0.2) is 9.97 Å². The van der Waals surface area contributed by atoms with E-state index < -0.39 is 0 Å². The van der Waals surface area contributed by atoms with Gasteiger partial charge in [0.05, 0.1) is 5.69 Å². The molecular weight excluding hydrogens is 304 g/mol. The number of hydrogen-bond donors (Lipinski definition) is 0. The summed E-state index contributed by atoms with van der Waals surface area (Å²) in [6.45, 7) is 15.2. The second kappa shape index (κ2) is 8.42. The number of allylic oxidation sites excluding steroid dienone is 2. The summed E-state index contributed by atoms with van der Waals surface area (Å²) in [5.74, 6) is 0.448. The van der Waals surface area contributed by atoms with E-state index in [-0.39, 0.29) is 0 Å². The molecule has 2 rings (SSSR count). The number of hydrogen-bond acceptors (Lipinski definition) is 2. The van der Waals surface area contributed by atoms with Gasteiger partial charge in [0.1, 0.15) is 0 Å². The van der Waals surface area contributed by atoms with Gasteiger partial charge in [-0.1, -0.05) is 40.7 Å². The van der Waals surface area contributed by atoms with Gasteiger partial charge in [-0.25, -0.2) is 0 Å². The van der Waals surface area contributed by atoms with Gasteiger partial charge in [0.15, 0.2) is 0 Å². The lowest BCUT2D eigenvalue weighted by Gasteiger charge is -2.17. The average molecular weight is 337 g/mol. The molecule has 0 saturated heterocycles. The highest BCUT2D eigenvalue weighted by Crippen LogP contribution is 2.31. The fourth-order valence-electron chi connectivity index (χ4n) is 3.35. The number of pyridine rings is 2. The topological polar surface area (TPSA) is 25.8 Å². The van der Waals surface area contributed by atoms with Crippen molar-refractivity contribution >= 4 is 5.57 Å². The largest absolute Gasteiger partial charge is 0.257 e. The lowest BCUT2D eigenvalue weighted by atomic mass is 9.94. The lowest BCUT2D eigenvalue weighted by Crippen LogP contribution is -2.04. The van der Waals surface area contributed by atoms with E-state index in [4.69, 9.17) is 9.97 Å². The number of aryl methyl sites for hydroxylation is 3. The summed E-state index contributed by atoms with van der Waals surface area (Å²) < 4.78 is 0. The Balaban J connectivity index is 2.65. The van der Waals surface area contributed by atoms with Crippen molar-refractivity contribution in [1.82, 2.24) is 9.97 Å². The summed E-state index contributed by atoms with van der Waals surface area (Å²) in [6.07, 6.45) is 5.15. The van der Waals surface area contributed by atoms with Crippen LogP contribution >= 0.6 is 0 Å². The van der Waals surface area contributed by atoms with Crippen molar-refractivity contribution < 1.29 is 0 Å². The Labute approximate surface area is 153 Å². The second-order valence-electron chi connectivity index (χ2n) is 6.89. The van der Waals surface area contributed by atoms with Gasteiger partial charge < -0.3 is 0 Å². The molecule has 0 fully saturated rings. The first-order chi connectivity index (χ1) is 12.0. The Morgan fingerprint density at radius 2 is 1.80 bits per heavy atom. The van der Waals surface area contributed by atoms with E-state index in [2.05, 4.69) is 72.7 Å². The Bertz CT molecular complexity index is 770. The van der Waals surface area contributed by atoms with E-state index in [0.717, 1.165) is 42.0 Å². The summed E-state index contributed by atoms with van der Waals surface area (Å²) >= 11 is 0. The molecule has 2 heterocycles. The summed E-state index contributed by atoms with van der Waals surface area (Å²) in [6, 6.07) is 6.72. The highest BCUT2D eigenvalue weighted by molar-refractivity contribution is 5.73. The predicted molar refractivity (Wildman–Crippen MR) is 109 cm³/mol. The molecule has 0 aliphatic heterocycles. The highest BCUT2D eigenvalue weighted by atomic mass is 14.8. The number of rotatable bonds is 6. The van der Waals surface area contributed by atoms with Crippen molar-refractivity contribution in [3.05, 3.63) is 52.5 Å². The Hall–Kier alpha value is -1.96. The zero-order chi connectivity index (χ0) is 18.6. The molecule has 2 aromatic heterocycles. The van der Waals surface area contributed by atoms with Gasteiger partial charge in [-0.2, -0.15) is 0 Å². The van der Waals surface area contributed by atoms with Crippen molar-refractivity contribution in [2.24, 2.45) is 0 Å². The second-order valence-corrected chi connectivity index (χ2v) is 6.89. The van der Waals surface area contributed by atoms with Crippen LogP contribution in [0.5, 0.6) is 0 Å². The van der Waals surface area contributed by atoms with Crippen molar-refractivity contribution in [3.8, 4) is 11.3 Å². The van der Waals surface area contributed by atoms with Crippen molar-refractivity contribution in [2.45, 2.75) is 73.6 Å². The van der Waals surface area contributed by atoms with Crippen LogP contribution in [0.15, 0.2) is 24.3 Å². The minimum absolute atomic E-state index is 0.448. The molecule has 0 amide bonds. The van der Waals surface area contributed by atoms with Gasteiger partial charge in [0.2, 0.25) is 0 Å². The maximum atomic E-state index is 5.03. The molecule has 0 N–H and O–H groups in total. The van der Waals surface area contributed by atoms with Gasteiger partial charge >= 0.3 is 0 Å². The van der Waals surface area contributed by atoms with E-state index in [1.807, 2.05) is 0 Å². The van der Waals surface area contributed by atoms with Crippen LogP contribution in [-0.2, 0) is 12.8 Å². The molecule has 25 heavy (non-hydrogen) atoms. The fourth-order valence-corrected chi connectivity index (χ4v) is 3.35. The van der Waals surface area contributed by atoms with Crippen LogP contribution in [0.4, 0.5) is 0 Å². The number of aromatic nitrogens is 2. The minimum Gasteiger partial charge on any atom is -0.257 e. The Morgan fingerprint density at radius 3 is 2.32 bits per heavy atom. The normalized spacial score (nSPS) is 12.1. The molecule has 0 spiro atoms. The predicted octanol–water partition coefficient (Wildman–Crippen LogP) is 6.51.